The molecule has 2 aromatic carbocycles. The quantitative estimate of drug-likeness (QED) is 0.617. The van der Waals surface area contributed by atoms with Crippen LogP contribution in [0.4, 0.5) is 26.3 Å². The first-order valence-corrected chi connectivity index (χ1v) is 7.49. The molecule has 0 aliphatic heterocycles. The molecule has 0 amide bonds. The molecule has 0 aliphatic rings. The standard InChI is InChI=1S/C18H13F6NO/c1-25-13-10-6-5-9-12(13)14(15(25)11-7-3-2-4-8-11)16(26,17(19,20)21)18(22,23)24/h2-10,26H,1H3. The first-order valence-electron chi connectivity index (χ1n) is 7.49. The molecular formula is C18H13F6NO. The lowest BCUT2D eigenvalue weighted by molar-refractivity contribution is -0.375. The monoisotopic (exact) mass is 373 g/mol. The summed E-state index contributed by atoms with van der Waals surface area (Å²) < 4.78 is 82.5. The van der Waals surface area contributed by atoms with E-state index in [1.54, 1.807) is 6.07 Å². The van der Waals surface area contributed by atoms with Crippen molar-refractivity contribution >= 4 is 10.9 Å². The molecule has 8 heteroatoms. The van der Waals surface area contributed by atoms with Crippen LogP contribution >= 0.6 is 0 Å². The van der Waals surface area contributed by atoms with Crippen molar-refractivity contribution in [2.24, 2.45) is 7.05 Å². The Morgan fingerprint density at radius 3 is 1.81 bits per heavy atom. The molecule has 0 bridgehead atoms. The highest BCUT2D eigenvalue weighted by atomic mass is 19.4. The van der Waals surface area contributed by atoms with Gasteiger partial charge in [0.2, 0.25) is 0 Å². The number of nitrogens with zero attached hydrogens (tertiary/aromatic N) is 1. The van der Waals surface area contributed by atoms with Crippen LogP contribution in [0.1, 0.15) is 5.56 Å². The molecule has 0 saturated carbocycles. The molecule has 1 N–H and O–H groups in total. The molecule has 0 spiro atoms. The third-order valence-corrected chi connectivity index (χ3v) is 4.34. The zero-order valence-electron chi connectivity index (χ0n) is 13.4. The number of rotatable bonds is 2. The zero-order chi connectivity index (χ0) is 19.3. The van der Waals surface area contributed by atoms with Gasteiger partial charge in [0.25, 0.3) is 5.60 Å². The van der Waals surface area contributed by atoms with Crippen molar-refractivity contribution in [3.8, 4) is 11.3 Å². The van der Waals surface area contributed by atoms with Gasteiger partial charge in [-0.25, -0.2) is 0 Å². The van der Waals surface area contributed by atoms with Gasteiger partial charge in [-0.05, 0) is 11.6 Å². The molecular weight excluding hydrogens is 360 g/mol. The highest BCUT2D eigenvalue weighted by Crippen LogP contribution is 2.54. The van der Waals surface area contributed by atoms with Crippen LogP contribution in [0.5, 0.6) is 0 Å². The molecule has 0 fully saturated rings. The number of fused-ring (bicyclic) bond motifs is 1. The van der Waals surface area contributed by atoms with Crippen LogP contribution in [-0.2, 0) is 12.6 Å². The predicted molar refractivity (Wildman–Crippen MR) is 84.4 cm³/mol. The van der Waals surface area contributed by atoms with Gasteiger partial charge in [-0.3, -0.25) is 0 Å². The number of aryl methyl sites for hydroxylation is 1. The molecule has 3 rings (SSSR count). The molecule has 1 aromatic heterocycles. The Morgan fingerprint density at radius 1 is 0.769 bits per heavy atom. The first-order chi connectivity index (χ1) is 12.0. The van der Waals surface area contributed by atoms with E-state index in [9.17, 15) is 31.4 Å². The summed E-state index contributed by atoms with van der Waals surface area (Å²) in [5, 5.41) is 9.73. The highest BCUT2D eigenvalue weighted by molar-refractivity contribution is 5.93. The van der Waals surface area contributed by atoms with Crippen molar-refractivity contribution in [2.75, 3.05) is 0 Å². The van der Waals surface area contributed by atoms with E-state index in [4.69, 9.17) is 0 Å². The molecule has 26 heavy (non-hydrogen) atoms. The molecule has 0 saturated heterocycles. The van der Waals surface area contributed by atoms with Crippen LogP contribution in [0, 0.1) is 0 Å². The van der Waals surface area contributed by atoms with Gasteiger partial charge < -0.3 is 9.67 Å². The van der Waals surface area contributed by atoms with Crippen LogP contribution in [0.3, 0.4) is 0 Å². The van der Waals surface area contributed by atoms with Crippen LogP contribution in [0.15, 0.2) is 54.6 Å². The number of hydrogen-bond donors (Lipinski definition) is 1. The average molecular weight is 373 g/mol. The fraction of sp³-hybridized carbons (Fsp3) is 0.222. The van der Waals surface area contributed by atoms with Gasteiger partial charge >= 0.3 is 12.4 Å². The van der Waals surface area contributed by atoms with E-state index in [2.05, 4.69) is 0 Å². The van der Waals surface area contributed by atoms with E-state index < -0.39 is 23.5 Å². The molecule has 0 aliphatic carbocycles. The van der Waals surface area contributed by atoms with Gasteiger partial charge in [-0.1, -0.05) is 48.5 Å². The smallest absolute Gasteiger partial charge is 0.369 e. The summed E-state index contributed by atoms with van der Waals surface area (Å²) in [7, 11) is 1.36. The third kappa shape index (κ3) is 2.47. The molecule has 138 valence electrons. The second-order valence-corrected chi connectivity index (χ2v) is 5.87. The summed E-state index contributed by atoms with van der Waals surface area (Å²) in [4.78, 5) is 0. The van der Waals surface area contributed by atoms with Crippen molar-refractivity contribution in [1.29, 1.82) is 0 Å². The number of para-hydroxylation sites is 1. The van der Waals surface area contributed by atoms with E-state index in [0.717, 1.165) is 6.07 Å². The maximum atomic E-state index is 13.5. The van der Waals surface area contributed by atoms with Crippen LogP contribution in [0.2, 0.25) is 0 Å². The van der Waals surface area contributed by atoms with Crippen molar-refractivity contribution in [3.63, 3.8) is 0 Å². The Kier molecular flexibility index (Phi) is 4.06. The Balaban J connectivity index is 2.53. The van der Waals surface area contributed by atoms with E-state index in [1.165, 1.54) is 54.1 Å². The fourth-order valence-corrected chi connectivity index (χ4v) is 3.14. The second kappa shape index (κ2) is 5.77. The Bertz CT molecular complexity index is 926. The largest absolute Gasteiger partial charge is 0.430 e. The SMILES string of the molecule is Cn1c(-c2ccccc2)c(C(O)(C(F)(F)F)C(F)(F)F)c2ccccc21. The minimum absolute atomic E-state index is 0.133. The number of halogens is 6. The highest BCUT2D eigenvalue weighted by Gasteiger charge is 2.72. The topological polar surface area (TPSA) is 25.2 Å². The lowest BCUT2D eigenvalue weighted by Crippen LogP contribution is -2.54. The molecule has 0 unspecified atom stereocenters. The second-order valence-electron chi connectivity index (χ2n) is 5.87. The lowest BCUT2D eigenvalue weighted by Gasteiger charge is -2.33. The lowest BCUT2D eigenvalue weighted by atomic mass is 9.87. The molecule has 1 heterocycles. The number of alkyl halides is 6. The van der Waals surface area contributed by atoms with Gasteiger partial charge in [0.05, 0.1) is 5.69 Å². The molecule has 2 nitrogen and oxygen atoms in total. The summed E-state index contributed by atoms with van der Waals surface area (Å²) in [5.41, 5.74) is -6.29. The van der Waals surface area contributed by atoms with Gasteiger partial charge in [-0.15, -0.1) is 0 Å². The Labute approximate surface area is 144 Å². The summed E-state index contributed by atoms with van der Waals surface area (Å²) in [5.74, 6) is 0. The van der Waals surface area contributed by atoms with E-state index in [-0.39, 0.29) is 22.2 Å². The Morgan fingerprint density at radius 2 is 1.27 bits per heavy atom. The average Bonchev–Trinajstić information content (AvgIpc) is 2.86. The third-order valence-electron chi connectivity index (χ3n) is 4.34. The number of benzene rings is 2. The number of aliphatic hydroxyl groups is 1. The van der Waals surface area contributed by atoms with Gasteiger partial charge in [0, 0.05) is 23.5 Å². The van der Waals surface area contributed by atoms with Gasteiger partial charge in [0.1, 0.15) is 0 Å². The summed E-state index contributed by atoms with van der Waals surface area (Å²) >= 11 is 0. The normalized spacial score (nSPS) is 13.4. The van der Waals surface area contributed by atoms with E-state index in [1.807, 2.05) is 0 Å². The van der Waals surface area contributed by atoms with Crippen molar-refractivity contribution in [3.05, 3.63) is 60.2 Å². The van der Waals surface area contributed by atoms with Crippen molar-refractivity contribution in [2.45, 2.75) is 18.0 Å². The summed E-state index contributed by atoms with van der Waals surface area (Å²) in [6.45, 7) is 0. The molecule has 3 aromatic rings. The van der Waals surface area contributed by atoms with Crippen molar-refractivity contribution < 1.29 is 31.4 Å². The summed E-state index contributed by atoms with van der Waals surface area (Å²) in [6, 6.07) is 12.7. The Hall–Kier alpha value is -2.48. The van der Waals surface area contributed by atoms with Gasteiger partial charge in [0.15, 0.2) is 0 Å². The maximum absolute atomic E-state index is 13.5. The minimum Gasteiger partial charge on any atom is -0.369 e. The van der Waals surface area contributed by atoms with Crippen LogP contribution in [-0.4, -0.2) is 22.0 Å². The first kappa shape index (κ1) is 18.3. The zero-order valence-corrected chi connectivity index (χ0v) is 13.4. The molecule has 0 atom stereocenters. The maximum Gasteiger partial charge on any atom is 0.430 e. The number of hydrogen-bond acceptors (Lipinski definition) is 1. The van der Waals surface area contributed by atoms with Crippen LogP contribution in [0.25, 0.3) is 22.2 Å². The molecule has 0 radical (unpaired) electrons. The van der Waals surface area contributed by atoms with Gasteiger partial charge in [-0.2, -0.15) is 26.3 Å². The van der Waals surface area contributed by atoms with Crippen LogP contribution < -0.4 is 0 Å². The predicted octanol–water partition coefficient (Wildman–Crippen LogP) is 5.16. The van der Waals surface area contributed by atoms with E-state index in [0.29, 0.717) is 0 Å². The summed E-state index contributed by atoms with van der Waals surface area (Å²) in [6.07, 6.45) is -11.9. The van der Waals surface area contributed by atoms with E-state index >= 15 is 0 Å². The fourth-order valence-electron chi connectivity index (χ4n) is 3.14. The minimum atomic E-state index is -5.96. The van der Waals surface area contributed by atoms with Crippen molar-refractivity contribution in [1.82, 2.24) is 4.57 Å². The number of aromatic nitrogens is 1.